The predicted octanol–water partition coefficient (Wildman–Crippen LogP) is 1.11. The highest BCUT2D eigenvalue weighted by molar-refractivity contribution is 5.94. The number of ether oxygens (including phenoxy) is 2. The van der Waals surface area contributed by atoms with E-state index in [1.54, 1.807) is 24.3 Å². The number of amides is 4. The lowest BCUT2D eigenvalue weighted by molar-refractivity contribution is -0.142. The standard InChI is InChI=1S/C40H54N8O8/c1-26(2)20-33(38(52)47-32(39(53)54)14-9-19-44-40(42)43)46-35(49)22-45-37(51)34(48-36(50)31(41)25-55-23-28-10-5-3-6-11-28)21-27-15-17-30(18-16-27)56-24-29-12-7-4-8-13-29/h3-8,10-13,15-18,26,31-34H,9,14,19-25,41H2,1-2H3,(H,45,51)(H,46,49)(H,47,52)(H,48,50)(H,53,54)(H4,42,43,44). The average molecular weight is 775 g/mol. The molecule has 16 heteroatoms. The Kier molecular flexibility index (Phi) is 18.8. The van der Waals surface area contributed by atoms with Crippen LogP contribution in [0, 0.1) is 5.92 Å². The van der Waals surface area contributed by atoms with Crippen LogP contribution >= 0.6 is 0 Å². The lowest BCUT2D eigenvalue weighted by Gasteiger charge is -2.23. The largest absolute Gasteiger partial charge is 0.489 e. The second-order valence-electron chi connectivity index (χ2n) is 13.6. The first-order valence-corrected chi connectivity index (χ1v) is 18.4. The molecule has 3 aromatic carbocycles. The van der Waals surface area contributed by atoms with Gasteiger partial charge in [-0.05, 0) is 54.0 Å². The molecular formula is C40H54N8O8. The minimum Gasteiger partial charge on any atom is -0.489 e. The smallest absolute Gasteiger partial charge is 0.326 e. The Bertz CT molecular complexity index is 1720. The van der Waals surface area contributed by atoms with Crippen molar-refractivity contribution in [3.63, 3.8) is 0 Å². The van der Waals surface area contributed by atoms with E-state index in [0.29, 0.717) is 17.9 Å². The molecule has 302 valence electrons. The SMILES string of the molecule is CC(C)CC(NC(=O)CNC(=O)C(Cc1ccc(OCc2ccccc2)cc1)NC(=O)C(N)COCc1ccccc1)C(=O)NC(CCCN=C(N)N)C(=O)O. The lowest BCUT2D eigenvalue weighted by Crippen LogP contribution is -2.56. The molecule has 0 aliphatic carbocycles. The number of aliphatic carboxylic acids is 1. The number of benzene rings is 3. The molecule has 4 atom stereocenters. The topological polar surface area (TPSA) is 263 Å². The van der Waals surface area contributed by atoms with Crippen molar-refractivity contribution in [2.24, 2.45) is 28.1 Å². The Morgan fingerprint density at radius 3 is 1.93 bits per heavy atom. The van der Waals surface area contributed by atoms with Gasteiger partial charge in [0.1, 0.15) is 36.5 Å². The molecule has 0 radical (unpaired) electrons. The summed E-state index contributed by atoms with van der Waals surface area (Å²) in [5, 5.41) is 19.9. The molecule has 4 amide bonds. The van der Waals surface area contributed by atoms with Gasteiger partial charge in [0, 0.05) is 13.0 Å². The van der Waals surface area contributed by atoms with Crippen LogP contribution in [0.15, 0.2) is 89.9 Å². The molecule has 56 heavy (non-hydrogen) atoms. The molecule has 0 bridgehead atoms. The number of rotatable bonds is 24. The third-order valence-corrected chi connectivity index (χ3v) is 8.33. The summed E-state index contributed by atoms with van der Waals surface area (Å²) in [5.74, 6) is -3.54. The quantitative estimate of drug-likeness (QED) is 0.0363. The summed E-state index contributed by atoms with van der Waals surface area (Å²) in [6, 6.07) is 21.5. The van der Waals surface area contributed by atoms with Crippen molar-refractivity contribution in [2.45, 2.75) is 76.9 Å². The zero-order valence-electron chi connectivity index (χ0n) is 31.8. The van der Waals surface area contributed by atoms with Gasteiger partial charge in [-0.25, -0.2) is 4.79 Å². The normalized spacial score (nSPS) is 13.0. The first kappa shape index (κ1) is 44.4. The maximum absolute atomic E-state index is 13.5. The maximum atomic E-state index is 13.5. The van der Waals surface area contributed by atoms with Crippen LogP contribution in [0.1, 0.15) is 49.8 Å². The van der Waals surface area contributed by atoms with Gasteiger partial charge in [-0.3, -0.25) is 24.2 Å². The van der Waals surface area contributed by atoms with Crippen molar-refractivity contribution in [3.05, 3.63) is 102 Å². The Morgan fingerprint density at radius 2 is 1.34 bits per heavy atom. The minimum atomic E-state index is -1.25. The Balaban J connectivity index is 1.65. The van der Waals surface area contributed by atoms with Crippen LogP contribution in [0.3, 0.4) is 0 Å². The highest BCUT2D eigenvalue weighted by Gasteiger charge is 2.28. The fourth-order valence-corrected chi connectivity index (χ4v) is 5.41. The highest BCUT2D eigenvalue weighted by atomic mass is 16.5. The number of nitrogens with two attached hydrogens (primary N) is 3. The Hall–Kier alpha value is -6.00. The van der Waals surface area contributed by atoms with Crippen molar-refractivity contribution < 1.29 is 38.6 Å². The summed E-state index contributed by atoms with van der Waals surface area (Å²) in [4.78, 5) is 68.7. The van der Waals surface area contributed by atoms with Gasteiger partial charge in [-0.2, -0.15) is 0 Å². The summed E-state index contributed by atoms with van der Waals surface area (Å²) in [7, 11) is 0. The molecule has 0 aliphatic rings. The maximum Gasteiger partial charge on any atom is 0.326 e. The van der Waals surface area contributed by atoms with Gasteiger partial charge in [0.25, 0.3) is 0 Å². The van der Waals surface area contributed by atoms with Crippen molar-refractivity contribution in [3.8, 4) is 5.75 Å². The third-order valence-electron chi connectivity index (χ3n) is 8.33. The van der Waals surface area contributed by atoms with E-state index in [9.17, 15) is 29.1 Å². The number of carbonyl (C=O) groups excluding carboxylic acids is 4. The van der Waals surface area contributed by atoms with Crippen LogP contribution in [0.5, 0.6) is 5.75 Å². The van der Waals surface area contributed by atoms with Gasteiger partial charge in [0.05, 0.1) is 19.8 Å². The van der Waals surface area contributed by atoms with Crippen molar-refractivity contribution >= 4 is 35.6 Å². The summed E-state index contributed by atoms with van der Waals surface area (Å²) in [6.45, 7) is 3.82. The Labute approximate surface area is 327 Å². The molecule has 0 saturated heterocycles. The molecule has 11 N–H and O–H groups in total. The minimum absolute atomic E-state index is 0.0495. The molecule has 0 spiro atoms. The molecule has 3 rings (SSSR count). The fraction of sp³-hybridized carbons (Fsp3) is 0.400. The number of guanidine groups is 1. The third kappa shape index (κ3) is 17.0. The average Bonchev–Trinajstić information content (AvgIpc) is 3.17. The first-order valence-electron chi connectivity index (χ1n) is 18.4. The van der Waals surface area contributed by atoms with E-state index in [0.717, 1.165) is 11.1 Å². The number of aliphatic imine (C=N–C) groups is 1. The number of hydrogen-bond acceptors (Lipinski definition) is 9. The van der Waals surface area contributed by atoms with Crippen LogP contribution in [-0.4, -0.2) is 84.5 Å². The zero-order chi connectivity index (χ0) is 40.9. The van der Waals surface area contributed by atoms with Crippen LogP contribution in [0.4, 0.5) is 0 Å². The second kappa shape index (κ2) is 23.7. The van der Waals surface area contributed by atoms with Gasteiger partial charge in [0.2, 0.25) is 23.6 Å². The predicted molar refractivity (Wildman–Crippen MR) is 211 cm³/mol. The lowest BCUT2D eigenvalue weighted by atomic mass is 10.0. The molecule has 4 unspecified atom stereocenters. The van der Waals surface area contributed by atoms with Crippen molar-refractivity contribution in [1.29, 1.82) is 0 Å². The number of nitrogens with one attached hydrogen (secondary N) is 4. The van der Waals surface area contributed by atoms with Gasteiger partial charge < -0.3 is 53.0 Å². The molecule has 0 fully saturated rings. The Morgan fingerprint density at radius 1 is 0.732 bits per heavy atom. The van der Waals surface area contributed by atoms with Crippen LogP contribution in [-0.2, 0) is 48.3 Å². The fourth-order valence-electron chi connectivity index (χ4n) is 5.41. The molecule has 0 saturated carbocycles. The van der Waals surface area contributed by atoms with E-state index in [-0.39, 0.29) is 57.3 Å². The summed E-state index contributed by atoms with van der Waals surface area (Å²) < 4.78 is 11.5. The zero-order valence-corrected chi connectivity index (χ0v) is 31.8. The number of nitrogens with zero attached hydrogens (tertiary/aromatic N) is 1. The van der Waals surface area contributed by atoms with E-state index in [4.69, 9.17) is 26.7 Å². The van der Waals surface area contributed by atoms with Gasteiger partial charge in [-0.15, -0.1) is 0 Å². The van der Waals surface area contributed by atoms with Gasteiger partial charge >= 0.3 is 5.97 Å². The second-order valence-corrected chi connectivity index (χ2v) is 13.6. The van der Waals surface area contributed by atoms with E-state index in [2.05, 4.69) is 26.3 Å². The van der Waals surface area contributed by atoms with Crippen molar-refractivity contribution in [2.75, 3.05) is 19.7 Å². The molecular weight excluding hydrogens is 720 g/mol. The highest BCUT2D eigenvalue weighted by Crippen LogP contribution is 2.16. The van der Waals surface area contributed by atoms with Gasteiger partial charge in [0.15, 0.2) is 5.96 Å². The number of carbonyl (C=O) groups is 5. The first-order chi connectivity index (χ1) is 26.8. The summed E-state index contributed by atoms with van der Waals surface area (Å²) >= 11 is 0. The molecule has 16 nitrogen and oxygen atoms in total. The number of carboxylic acid groups (broad SMARTS) is 1. The monoisotopic (exact) mass is 774 g/mol. The summed E-state index contributed by atoms with van der Waals surface area (Å²) in [6.07, 6.45) is 0.585. The van der Waals surface area contributed by atoms with E-state index < -0.39 is 60.3 Å². The molecule has 0 aromatic heterocycles. The summed E-state index contributed by atoms with van der Waals surface area (Å²) in [5.41, 5.74) is 19.4. The van der Waals surface area contributed by atoms with Crippen LogP contribution in [0.25, 0.3) is 0 Å². The molecule has 0 heterocycles. The van der Waals surface area contributed by atoms with Crippen LogP contribution < -0.4 is 43.2 Å². The van der Waals surface area contributed by atoms with E-state index >= 15 is 0 Å². The molecule has 3 aromatic rings. The van der Waals surface area contributed by atoms with E-state index in [1.807, 2.05) is 74.5 Å². The van der Waals surface area contributed by atoms with Gasteiger partial charge in [-0.1, -0.05) is 86.6 Å². The number of carboxylic acids is 1. The number of hydrogen-bond donors (Lipinski definition) is 8. The van der Waals surface area contributed by atoms with E-state index in [1.165, 1.54) is 0 Å². The van der Waals surface area contributed by atoms with Crippen LogP contribution in [0.2, 0.25) is 0 Å². The molecule has 0 aliphatic heterocycles. The van der Waals surface area contributed by atoms with Crippen molar-refractivity contribution in [1.82, 2.24) is 21.3 Å².